The van der Waals surface area contributed by atoms with E-state index in [1.807, 2.05) is 48.9 Å². The molecule has 6 heteroatoms. The smallest absolute Gasteiger partial charge is 0.242 e. The van der Waals surface area contributed by atoms with Crippen LogP contribution in [-0.4, -0.2) is 53.9 Å². The van der Waals surface area contributed by atoms with Gasteiger partial charge in [0.15, 0.2) is 0 Å². The summed E-state index contributed by atoms with van der Waals surface area (Å²) in [6, 6.07) is 9.69. The Kier molecular flexibility index (Phi) is 4.97. The molecule has 0 radical (unpaired) electrons. The molecule has 0 aliphatic carbocycles. The average Bonchev–Trinajstić information content (AvgIpc) is 2.89. The fourth-order valence-electron chi connectivity index (χ4n) is 3.35. The standard InChI is InChI=1S/C18H24N4O2/c1-13-16(14(2)22(20-13)15-7-5-4-6-8-15)17-18(23)19-9-10-21(17)11-12-24-3/h4-8,17H,9-12H2,1-3H3,(H,19,23)/t17-/m0/s1. The number of carbonyl (C=O) groups excluding carboxylic acids is 1. The number of carbonyl (C=O) groups is 1. The van der Waals surface area contributed by atoms with Crippen LogP contribution in [0.1, 0.15) is 23.0 Å². The number of hydrogen-bond acceptors (Lipinski definition) is 4. The Morgan fingerprint density at radius 1 is 1.29 bits per heavy atom. The summed E-state index contributed by atoms with van der Waals surface area (Å²) in [5.74, 6) is 0.0381. The minimum Gasteiger partial charge on any atom is -0.383 e. The molecule has 0 bridgehead atoms. The fraction of sp³-hybridized carbons (Fsp3) is 0.444. The summed E-state index contributed by atoms with van der Waals surface area (Å²) >= 11 is 0. The van der Waals surface area contributed by atoms with E-state index in [0.717, 1.165) is 35.7 Å². The van der Waals surface area contributed by atoms with Gasteiger partial charge in [-0.3, -0.25) is 9.69 Å². The molecule has 2 aromatic rings. The molecule has 1 aromatic heterocycles. The number of aromatic nitrogens is 2. The van der Waals surface area contributed by atoms with E-state index in [2.05, 4.69) is 15.3 Å². The van der Waals surface area contributed by atoms with Crippen molar-refractivity contribution in [3.05, 3.63) is 47.3 Å². The molecule has 3 rings (SSSR count). The van der Waals surface area contributed by atoms with E-state index in [4.69, 9.17) is 4.74 Å². The number of benzene rings is 1. The lowest BCUT2D eigenvalue weighted by atomic mass is 10.0. The van der Waals surface area contributed by atoms with Crippen molar-refractivity contribution < 1.29 is 9.53 Å². The molecular formula is C18H24N4O2. The number of amides is 1. The first-order valence-electron chi connectivity index (χ1n) is 8.25. The Bertz CT molecular complexity index is 711. The van der Waals surface area contributed by atoms with Crippen LogP contribution in [0.3, 0.4) is 0 Å². The molecule has 6 nitrogen and oxygen atoms in total. The molecule has 0 saturated carbocycles. The number of nitrogens with zero attached hydrogens (tertiary/aromatic N) is 3. The van der Waals surface area contributed by atoms with Gasteiger partial charge in [-0.25, -0.2) is 4.68 Å². The Labute approximate surface area is 142 Å². The molecule has 1 fully saturated rings. The number of para-hydroxylation sites is 1. The largest absolute Gasteiger partial charge is 0.383 e. The van der Waals surface area contributed by atoms with Crippen molar-refractivity contribution in [3.8, 4) is 5.69 Å². The lowest BCUT2D eigenvalue weighted by Crippen LogP contribution is -2.51. The molecular weight excluding hydrogens is 304 g/mol. The first-order chi connectivity index (χ1) is 11.6. The zero-order valence-corrected chi connectivity index (χ0v) is 14.5. The highest BCUT2D eigenvalue weighted by molar-refractivity contribution is 5.84. The van der Waals surface area contributed by atoms with Gasteiger partial charge in [0.1, 0.15) is 6.04 Å². The van der Waals surface area contributed by atoms with Crippen LogP contribution in [-0.2, 0) is 9.53 Å². The predicted octanol–water partition coefficient (Wildman–Crippen LogP) is 1.61. The molecule has 1 aromatic carbocycles. The van der Waals surface area contributed by atoms with Crippen LogP contribution in [0.5, 0.6) is 0 Å². The Hall–Kier alpha value is -2.18. The highest BCUT2D eigenvalue weighted by Gasteiger charge is 2.35. The van der Waals surface area contributed by atoms with Crippen molar-refractivity contribution in [2.75, 3.05) is 33.4 Å². The van der Waals surface area contributed by atoms with E-state index in [1.54, 1.807) is 7.11 Å². The number of piperazine rings is 1. The van der Waals surface area contributed by atoms with Crippen LogP contribution in [0, 0.1) is 13.8 Å². The molecule has 1 aliphatic rings. The quantitative estimate of drug-likeness (QED) is 0.906. The zero-order chi connectivity index (χ0) is 17.1. The average molecular weight is 328 g/mol. The second-order valence-corrected chi connectivity index (χ2v) is 6.05. The van der Waals surface area contributed by atoms with Crippen molar-refractivity contribution in [2.24, 2.45) is 0 Å². The minimum absolute atomic E-state index is 0.0381. The van der Waals surface area contributed by atoms with Gasteiger partial charge in [-0.05, 0) is 26.0 Å². The summed E-state index contributed by atoms with van der Waals surface area (Å²) in [4.78, 5) is 14.8. The SMILES string of the molecule is COCCN1CCNC(=O)[C@@H]1c1c(C)nn(-c2ccccc2)c1C. The maximum atomic E-state index is 12.6. The fourth-order valence-corrected chi connectivity index (χ4v) is 3.35. The van der Waals surface area contributed by atoms with Gasteiger partial charge in [-0.2, -0.15) is 5.10 Å². The Morgan fingerprint density at radius 3 is 2.75 bits per heavy atom. The second kappa shape index (κ2) is 7.15. The maximum Gasteiger partial charge on any atom is 0.242 e. The van der Waals surface area contributed by atoms with Crippen LogP contribution < -0.4 is 5.32 Å². The van der Waals surface area contributed by atoms with Crippen LogP contribution in [0.2, 0.25) is 0 Å². The third-order valence-corrected chi connectivity index (χ3v) is 4.52. The van der Waals surface area contributed by atoms with Crippen molar-refractivity contribution >= 4 is 5.91 Å². The summed E-state index contributed by atoms with van der Waals surface area (Å²) in [6.45, 7) is 6.81. The lowest BCUT2D eigenvalue weighted by Gasteiger charge is -2.35. The molecule has 1 saturated heterocycles. The van der Waals surface area contributed by atoms with E-state index < -0.39 is 0 Å². The molecule has 1 N–H and O–H groups in total. The summed E-state index contributed by atoms with van der Waals surface area (Å²) in [5.41, 5.74) is 3.89. The first-order valence-corrected chi connectivity index (χ1v) is 8.25. The van der Waals surface area contributed by atoms with Crippen molar-refractivity contribution in [1.29, 1.82) is 0 Å². The third-order valence-electron chi connectivity index (χ3n) is 4.52. The molecule has 0 spiro atoms. The van der Waals surface area contributed by atoms with Crippen LogP contribution in [0.15, 0.2) is 30.3 Å². The molecule has 1 aliphatic heterocycles. The molecule has 24 heavy (non-hydrogen) atoms. The van der Waals surface area contributed by atoms with Gasteiger partial charge in [-0.1, -0.05) is 18.2 Å². The highest BCUT2D eigenvalue weighted by atomic mass is 16.5. The monoisotopic (exact) mass is 328 g/mol. The molecule has 0 unspecified atom stereocenters. The van der Waals surface area contributed by atoms with Crippen molar-refractivity contribution in [2.45, 2.75) is 19.9 Å². The van der Waals surface area contributed by atoms with Gasteiger partial charge in [0.05, 0.1) is 18.0 Å². The van der Waals surface area contributed by atoms with E-state index >= 15 is 0 Å². The third kappa shape index (κ3) is 3.07. The minimum atomic E-state index is -0.314. The first kappa shape index (κ1) is 16.7. The predicted molar refractivity (Wildman–Crippen MR) is 92.2 cm³/mol. The number of aryl methyl sites for hydroxylation is 1. The zero-order valence-electron chi connectivity index (χ0n) is 14.5. The maximum absolute atomic E-state index is 12.6. The van der Waals surface area contributed by atoms with Gasteiger partial charge in [0, 0.05) is 38.0 Å². The lowest BCUT2D eigenvalue weighted by molar-refractivity contribution is -0.129. The highest BCUT2D eigenvalue weighted by Crippen LogP contribution is 2.30. The van der Waals surface area contributed by atoms with Gasteiger partial charge in [0.2, 0.25) is 5.91 Å². The summed E-state index contributed by atoms with van der Waals surface area (Å²) in [7, 11) is 1.68. The van der Waals surface area contributed by atoms with Crippen molar-refractivity contribution in [1.82, 2.24) is 20.0 Å². The summed E-state index contributed by atoms with van der Waals surface area (Å²) < 4.78 is 7.12. The van der Waals surface area contributed by atoms with Gasteiger partial charge < -0.3 is 10.1 Å². The van der Waals surface area contributed by atoms with E-state index in [9.17, 15) is 4.79 Å². The number of ether oxygens (including phenoxy) is 1. The molecule has 128 valence electrons. The van der Waals surface area contributed by atoms with Crippen LogP contribution in [0.25, 0.3) is 5.69 Å². The molecule has 2 heterocycles. The Balaban J connectivity index is 2.00. The molecule has 1 atom stereocenters. The normalized spacial score (nSPS) is 18.6. The summed E-state index contributed by atoms with van der Waals surface area (Å²) in [5, 5.41) is 7.67. The van der Waals surface area contributed by atoms with Crippen LogP contribution >= 0.6 is 0 Å². The van der Waals surface area contributed by atoms with E-state index in [1.165, 1.54) is 0 Å². The molecule has 1 amide bonds. The number of rotatable bonds is 5. The summed E-state index contributed by atoms with van der Waals surface area (Å²) in [6.07, 6.45) is 0. The van der Waals surface area contributed by atoms with E-state index in [0.29, 0.717) is 13.2 Å². The number of methoxy groups -OCH3 is 1. The Morgan fingerprint density at radius 2 is 2.04 bits per heavy atom. The van der Waals surface area contributed by atoms with Gasteiger partial charge in [-0.15, -0.1) is 0 Å². The number of hydrogen-bond donors (Lipinski definition) is 1. The van der Waals surface area contributed by atoms with Gasteiger partial charge >= 0.3 is 0 Å². The van der Waals surface area contributed by atoms with Crippen molar-refractivity contribution in [3.63, 3.8) is 0 Å². The van der Waals surface area contributed by atoms with Gasteiger partial charge in [0.25, 0.3) is 0 Å². The topological polar surface area (TPSA) is 59.4 Å². The second-order valence-electron chi connectivity index (χ2n) is 6.05. The van der Waals surface area contributed by atoms with Crippen LogP contribution in [0.4, 0.5) is 0 Å². The number of nitrogens with one attached hydrogen (secondary N) is 1. The van der Waals surface area contributed by atoms with E-state index in [-0.39, 0.29) is 11.9 Å².